The van der Waals surface area contributed by atoms with Crippen molar-refractivity contribution in [3.63, 3.8) is 0 Å². The van der Waals surface area contributed by atoms with Crippen LogP contribution >= 0.6 is 11.3 Å². The highest BCUT2D eigenvalue weighted by Crippen LogP contribution is 2.36. The molecule has 1 amide bonds. The third-order valence-corrected chi connectivity index (χ3v) is 4.23. The molecule has 1 unspecified atom stereocenters. The minimum Gasteiger partial charge on any atom is -0.481 e. The van der Waals surface area contributed by atoms with E-state index in [2.05, 4.69) is 10.3 Å². The summed E-state index contributed by atoms with van der Waals surface area (Å²) in [5, 5.41) is 12.8. The SMILES string of the molecule is CN(C)C(=O)CNc1nc2c(s1)CCCC2C(=O)O. The Labute approximate surface area is 115 Å². The lowest BCUT2D eigenvalue weighted by atomic mass is 9.91. The van der Waals surface area contributed by atoms with E-state index in [0.29, 0.717) is 17.2 Å². The quantitative estimate of drug-likeness (QED) is 0.866. The maximum absolute atomic E-state index is 11.5. The van der Waals surface area contributed by atoms with Crippen molar-refractivity contribution < 1.29 is 14.7 Å². The fourth-order valence-corrected chi connectivity index (χ4v) is 3.10. The molecule has 2 N–H and O–H groups in total. The Balaban J connectivity index is 2.09. The van der Waals surface area contributed by atoms with Gasteiger partial charge < -0.3 is 15.3 Å². The molecule has 1 aromatic rings. The predicted octanol–water partition coefficient (Wildman–Crippen LogP) is 1.15. The number of rotatable bonds is 4. The van der Waals surface area contributed by atoms with Crippen LogP contribution < -0.4 is 5.32 Å². The third kappa shape index (κ3) is 3.04. The van der Waals surface area contributed by atoms with Crippen LogP contribution in [0, 0.1) is 0 Å². The van der Waals surface area contributed by atoms with Gasteiger partial charge in [-0.05, 0) is 19.3 Å². The molecular weight excluding hydrogens is 266 g/mol. The van der Waals surface area contributed by atoms with Crippen molar-refractivity contribution in [2.75, 3.05) is 26.0 Å². The number of fused-ring (bicyclic) bond motifs is 1. The summed E-state index contributed by atoms with van der Waals surface area (Å²) >= 11 is 1.45. The van der Waals surface area contributed by atoms with Crippen molar-refractivity contribution in [1.29, 1.82) is 0 Å². The normalized spacial score (nSPS) is 17.7. The number of carboxylic acids is 1. The molecule has 6 nitrogen and oxygen atoms in total. The molecule has 0 saturated heterocycles. The van der Waals surface area contributed by atoms with Crippen LogP contribution in [0.1, 0.15) is 29.3 Å². The number of carbonyl (C=O) groups is 2. The third-order valence-electron chi connectivity index (χ3n) is 3.14. The summed E-state index contributed by atoms with van der Waals surface area (Å²) in [6.07, 6.45) is 2.39. The summed E-state index contributed by atoms with van der Waals surface area (Å²) in [5.41, 5.74) is 0.670. The summed E-state index contributed by atoms with van der Waals surface area (Å²) in [7, 11) is 3.38. The Morgan fingerprint density at radius 1 is 1.53 bits per heavy atom. The molecule has 2 rings (SSSR count). The molecule has 0 bridgehead atoms. The molecule has 7 heteroatoms. The Hall–Kier alpha value is -1.63. The number of amides is 1. The van der Waals surface area contributed by atoms with E-state index in [-0.39, 0.29) is 12.5 Å². The second-order valence-electron chi connectivity index (χ2n) is 4.75. The monoisotopic (exact) mass is 283 g/mol. The Morgan fingerprint density at radius 3 is 2.89 bits per heavy atom. The van der Waals surface area contributed by atoms with E-state index in [1.165, 1.54) is 16.2 Å². The highest BCUT2D eigenvalue weighted by atomic mass is 32.1. The zero-order valence-corrected chi connectivity index (χ0v) is 11.8. The van der Waals surface area contributed by atoms with E-state index in [1.54, 1.807) is 14.1 Å². The highest BCUT2D eigenvalue weighted by Gasteiger charge is 2.29. The van der Waals surface area contributed by atoms with Crippen LogP contribution in [0.15, 0.2) is 0 Å². The molecule has 1 aliphatic carbocycles. The maximum atomic E-state index is 11.5. The predicted molar refractivity (Wildman–Crippen MR) is 72.6 cm³/mol. The minimum atomic E-state index is -0.817. The van der Waals surface area contributed by atoms with Crippen LogP contribution in [0.3, 0.4) is 0 Å². The molecule has 0 radical (unpaired) electrons. The van der Waals surface area contributed by atoms with Gasteiger partial charge in [0.05, 0.1) is 12.2 Å². The summed E-state index contributed by atoms with van der Waals surface area (Å²) in [6.45, 7) is 0.178. The Bertz CT molecular complexity index is 498. The standard InChI is InChI=1S/C12H17N3O3S/c1-15(2)9(16)6-13-12-14-10-7(11(17)18)4-3-5-8(10)19-12/h7H,3-6H2,1-2H3,(H,13,14)(H,17,18). The number of aliphatic carboxylic acids is 1. The topological polar surface area (TPSA) is 82.5 Å². The van der Waals surface area contributed by atoms with Crippen LogP contribution in [0.4, 0.5) is 5.13 Å². The maximum Gasteiger partial charge on any atom is 0.312 e. The van der Waals surface area contributed by atoms with Gasteiger partial charge in [-0.3, -0.25) is 9.59 Å². The van der Waals surface area contributed by atoms with Crippen molar-refractivity contribution >= 4 is 28.3 Å². The summed E-state index contributed by atoms with van der Waals surface area (Å²) < 4.78 is 0. The zero-order chi connectivity index (χ0) is 14.0. The van der Waals surface area contributed by atoms with E-state index in [9.17, 15) is 9.59 Å². The summed E-state index contributed by atoms with van der Waals surface area (Å²) in [6, 6.07) is 0. The van der Waals surface area contributed by atoms with Gasteiger partial charge >= 0.3 is 5.97 Å². The fraction of sp³-hybridized carbons (Fsp3) is 0.583. The van der Waals surface area contributed by atoms with Crippen molar-refractivity contribution in [3.05, 3.63) is 10.6 Å². The van der Waals surface area contributed by atoms with Gasteiger partial charge in [-0.1, -0.05) is 0 Å². The molecule has 0 spiro atoms. The second kappa shape index (κ2) is 5.56. The largest absolute Gasteiger partial charge is 0.481 e. The average Bonchev–Trinajstić information content (AvgIpc) is 2.77. The van der Waals surface area contributed by atoms with Crippen molar-refractivity contribution in [3.8, 4) is 0 Å². The Kier molecular flexibility index (Phi) is 4.04. The van der Waals surface area contributed by atoms with Crippen molar-refractivity contribution in [2.24, 2.45) is 0 Å². The molecule has 0 saturated carbocycles. The number of hydrogen-bond donors (Lipinski definition) is 2. The molecule has 1 heterocycles. The first-order valence-electron chi connectivity index (χ1n) is 6.15. The van der Waals surface area contributed by atoms with E-state index in [4.69, 9.17) is 5.11 Å². The molecule has 19 heavy (non-hydrogen) atoms. The molecule has 0 fully saturated rings. The Morgan fingerprint density at radius 2 is 2.26 bits per heavy atom. The molecule has 1 atom stereocenters. The first-order chi connectivity index (χ1) is 8.99. The lowest BCUT2D eigenvalue weighted by molar-refractivity contribution is -0.139. The van der Waals surface area contributed by atoms with E-state index < -0.39 is 11.9 Å². The number of aromatic nitrogens is 1. The summed E-state index contributed by atoms with van der Waals surface area (Å²) in [5.74, 6) is -1.36. The zero-order valence-electron chi connectivity index (χ0n) is 11.0. The van der Waals surface area contributed by atoms with Crippen molar-refractivity contribution in [1.82, 2.24) is 9.88 Å². The molecule has 1 aliphatic rings. The number of carbonyl (C=O) groups excluding carboxylic acids is 1. The molecule has 0 aliphatic heterocycles. The van der Waals surface area contributed by atoms with Gasteiger partial charge in [0.25, 0.3) is 0 Å². The molecule has 104 valence electrons. The smallest absolute Gasteiger partial charge is 0.312 e. The molecule has 1 aromatic heterocycles. The van der Waals surface area contributed by atoms with Gasteiger partial charge in [0.2, 0.25) is 5.91 Å². The van der Waals surface area contributed by atoms with Crippen LogP contribution in [-0.2, 0) is 16.0 Å². The number of likely N-dealkylation sites (N-methyl/N-ethyl adjacent to an activating group) is 1. The van der Waals surface area contributed by atoms with Crippen LogP contribution in [0.25, 0.3) is 0 Å². The minimum absolute atomic E-state index is 0.0389. The highest BCUT2D eigenvalue weighted by molar-refractivity contribution is 7.15. The molecule has 0 aromatic carbocycles. The van der Waals surface area contributed by atoms with Gasteiger partial charge in [0.1, 0.15) is 5.92 Å². The average molecular weight is 283 g/mol. The second-order valence-corrected chi connectivity index (χ2v) is 5.84. The number of aryl methyl sites for hydroxylation is 1. The van der Waals surface area contributed by atoms with E-state index >= 15 is 0 Å². The van der Waals surface area contributed by atoms with Gasteiger partial charge in [0, 0.05) is 19.0 Å². The number of hydrogen-bond acceptors (Lipinski definition) is 5. The van der Waals surface area contributed by atoms with Gasteiger partial charge in [-0.15, -0.1) is 11.3 Å². The van der Waals surface area contributed by atoms with Crippen LogP contribution in [0.5, 0.6) is 0 Å². The first-order valence-corrected chi connectivity index (χ1v) is 6.97. The van der Waals surface area contributed by atoms with Crippen LogP contribution in [0.2, 0.25) is 0 Å². The number of anilines is 1. The summed E-state index contributed by atoms with van der Waals surface area (Å²) in [4.78, 5) is 29.5. The van der Waals surface area contributed by atoms with Crippen LogP contribution in [-0.4, -0.2) is 47.5 Å². The fourth-order valence-electron chi connectivity index (χ4n) is 2.04. The van der Waals surface area contributed by atoms with E-state index in [1.807, 2.05) is 0 Å². The number of carboxylic acid groups (broad SMARTS) is 1. The number of nitrogens with zero attached hydrogens (tertiary/aromatic N) is 2. The van der Waals surface area contributed by atoms with Gasteiger partial charge in [-0.2, -0.15) is 0 Å². The number of nitrogens with one attached hydrogen (secondary N) is 1. The lowest BCUT2D eigenvalue weighted by Crippen LogP contribution is -2.28. The molecular formula is C12H17N3O3S. The lowest BCUT2D eigenvalue weighted by Gasteiger charge is -2.16. The van der Waals surface area contributed by atoms with Gasteiger partial charge in [-0.25, -0.2) is 4.98 Å². The number of thiazole rings is 1. The van der Waals surface area contributed by atoms with Gasteiger partial charge in [0.15, 0.2) is 5.13 Å². The van der Waals surface area contributed by atoms with Crippen molar-refractivity contribution in [2.45, 2.75) is 25.2 Å². The van der Waals surface area contributed by atoms with E-state index in [0.717, 1.165) is 17.7 Å². The first kappa shape index (κ1) is 13.8.